The van der Waals surface area contributed by atoms with E-state index in [1.807, 2.05) is 0 Å². The van der Waals surface area contributed by atoms with Crippen molar-refractivity contribution in [2.45, 2.75) is 71.8 Å². The van der Waals surface area contributed by atoms with E-state index in [4.69, 9.17) is 0 Å². The van der Waals surface area contributed by atoms with Crippen molar-refractivity contribution in [2.75, 3.05) is 13.1 Å². The molecule has 0 aromatic rings. The van der Waals surface area contributed by atoms with Gasteiger partial charge in [0.1, 0.15) is 0 Å². The molecule has 0 aromatic carbocycles. The highest BCUT2D eigenvalue weighted by Gasteiger charge is 2.33. The summed E-state index contributed by atoms with van der Waals surface area (Å²) in [6, 6.07) is 0.432. The molecule has 2 rings (SSSR count). The third-order valence-electron chi connectivity index (χ3n) is 5.80. The van der Waals surface area contributed by atoms with Crippen LogP contribution in [0.15, 0.2) is 0 Å². The molecule has 1 aliphatic carbocycles. The molecular formula is C17H32N2O. The second kappa shape index (κ2) is 6.93. The highest BCUT2D eigenvalue weighted by molar-refractivity contribution is 5.79. The van der Waals surface area contributed by atoms with Crippen molar-refractivity contribution in [3.63, 3.8) is 0 Å². The number of piperidine rings is 1. The monoisotopic (exact) mass is 280 g/mol. The largest absolute Gasteiger partial charge is 0.353 e. The fourth-order valence-corrected chi connectivity index (χ4v) is 3.71. The Bertz CT molecular complexity index is 313. The molecule has 20 heavy (non-hydrogen) atoms. The highest BCUT2D eigenvalue weighted by Crippen LogP contribution is 2.40. The van der Waals surface area contributed by atoms with Gasteiger partial charge >= 0.3 is 0 Å². The fraction of sp³-hybridized carbons (Fsp3) is 0.941. The Morgan fingerprint density at radius 3 is 2.25 bits per heavy atom. The zero-order chi connectivity index (χ0) is 14.6. The predicted molar refractivity (Wildman–Crippen MR) is 83.6 cm³/mol. The number of carbonyl (C=O) groups excluding carboxylic acids is 1. The van der Waals surface area contributed by atoms with Gasteiger partial charge in [-0.25, -0.2) is 0 Å². The first-order valence-electron chi connectivity index (χ1n) is 8.54. The molecule has 2 fully saturated rings. The first kappa shape index (κ1) is 15.8. The second-order valence-electron chi connectivity index (χ2n) is 7.42. The molecule has 0 radical (unpaired) electrons. The van der Waals surface area contributed by atoms with Crippen LogP contribution in [0.25, 0.3) is 0 Å². The molecule has 2 aliphatic rings. The predicted octanol–water partition coefficient (Wildman–Crippen LogP) is 3.10. The second-order valence-corrected chi connectivity index (χ2v) is 7.42. The zero-order valence-electron chi connectivity index (χ0n) is 13.5. The van der Waals surface area contributed by atoms with E-state index in [0.29, 0.717) is 17.4 Å². The minimum absolute atomic E-state index is 0.251. The quantitative estimate of drug-likeness (QED) is 0.831. The third-order valence-corrected chi connectivity index (χ3v) is 5.80. The summed E-state index contributed by atoms with van der Waals surface area (Å²) < 4.78 is 0. The number of carbonyl (C=O) groups is 1. The summed E-state index contributed by atoms with van der Waals surface area (Å²) in [7, 11) is 0. The van der Waals surface area contributed by atoms with Gasteiger partial charge in [0.05, 0.1) is 0 Å². The van der Waals surface area contributed by atoms with Gasteiger partial charge in [-0.05, 0) is 62.9 Å². The van der Waals surface area contributed by atoms with Crippen LogP contribution >= 0.6 is 0 Å². The van der Waals surface area contributed by atoms with Gasteiger partial charge in [0, 0.05) is 12.0 Å². The maximum atomic E-state index is 12.3. The molecular weight excluding hydrogens is 248 g/mol. The van der Waals surface area contributed by atoms with Gasteiger partial charge in [-0.3, -0.25) is 4.79 Å². The molecule has 3 nitrogen and oxygen atoms in total. The molecule has 1 amide bonds. The van der Waals surface area contributed by atoms with E-state index in [9.17, 15) is 4.79 Å². The van der Waals surface area contributed by atoms with Crippen LogP contribution < -0.4 is 10.6 Å². The Hall–Kier alpha value is -0.570. The molecule has 3 heteroatoms. The van der Waals surface area contributed by atoms with E-state index in [0.717, 1.165) is 31.8 Å². The van der Waals surface area contributed by atoms with Gasteiger partial charge in [-0.1, -0.05) is 27.2 Å². The molecule has 0 spiro atoms. The van der Waals surface area contributed by atoms with Crippen molar-refractivity contribution in [1.82, 2.24) is 10.6 Å². The van der Waals surface area contributed by atoms with Crippen molar-refractivity contribution in [1.29, 1.82) is 0 Å². The Balaban J connectivity index is 1.75. The van der Waals surface area contributed by atoms with Crippen LogP contribution in [0, 0.1) is 17.3 Å². The SMILES string of the molecule is CCC(C)(C)C1CCC(NC(=O)C2CCNCC2)CC1. The van der Waals surface area contributed by atoms with Crippen LogP contribution in [0.4, 0.5) is 0 Å². The molecule has 0 aromatic heterocycles. The van der Waals surface area contributed by atoms with Crippen molar-refractivity contribution >= 4 is 5.91 Å². The van der Waals surface area contributed by atoms with Crippen molar-refractivity contribution in [3.8, 4) is 0 Å². The maximum Gasteiger partial charge on any atom is 0.223 e. The molecule has 2 N–H and O–H groups in total. The first-order chi connectivity index (χ1) is 9.53. The summed E-state index contributed by atoms with van der Waals surface area (Å²) in [4.78, 5) is 12.3. The lowest BCUT2D eigenvalue weighted by atomic mass is 9.69. The van der Waals surface area contributed by atoms with E-state index in [1.54, 1.807) is 0 Å². The van der Waals surface area contributed by atoms with Gasteiger partial charge in [0.2, 0.25) is 5.91 Å². The summed E-state index contributed by atoms with van der Waals surface area (Å²) in [6.07, 6.45) is 8.16. The van der Waals surface area contributed by atoms with Crippen molar-refractivity contribution in [3.05, 3.63) is 0 Å². The number of nitrogens with one attached hydrogen (secondary N) is 2. The molecule has 0 unspecified atom stereocenters. The average Bonchev–Trinajstić information content (AvgIpc) is 2.48. The fourth-order valence-electron chi connectivity index (χ4n) is 3.71. The molecule has 0 bridgehead atoms. The van der Waals surface area contributed by atoms with E-state index in [2.05, 4.69) is 31.4 Å². The van der Waals surface area contributed by atoms with Crippen LogP contribution in [0.3, 0.4) is 0 Å². The standard InChI is InChI=1S/C17H32N2O/c1-4-17(2,3)14-5-7-15(8-6-14)19-16(20)13-9-11-18-12-10-13/h13-15,18H,4-12H2,1-3H3,(H,19,20). The summed E-state index contributed by atoms with van der Waals surface area (Å²) in [5, 5.41) is 6.63. The van der Waals surface area contributed by atoms with Gasteiger partial charge in [-0.15, -0.1) is 0 Å². The Kier molecular flexibility index (Phi) is 5.48. The maximum absolute atomic E-state index is 12.3. The van der Waals surface area contributed by atoms with E-state index < -0.39 is 0 Å². The number of amides is 1. The minimum atomic E-state index is 0.251. The van der Waals surface area contributed by atoms with Crippen molar-refractivity contribution in [2.24, 2.45) is 17.3 Å². The summed E-state index contributed by atoms with van der Waals surface area (Å²) in [6.45, 7) is 9.08. The summed E-state index contributed by atoms with van der Waals surface area (Å²) in [5.41, 5.74) is 0.462. The summed E-state index contributed by atoms with van der Waals surface area (Å²) in [5.74, 6) is 1.39. The Labute approximate surface area is 124 Å². The van der Waals surface area contributed by atoms with Gasteiger partial charge in [0.15, 0.2) is 0 Å². The van der Waals surface area contributed by atoms with Crippen molar-refractivity contribution < 1.29 is 4.79 Å². The highest BCUT2D eigenvalue weighted by atomic mass is 16.1. The molecule has 116 valence electrons. The normalized spacial score (nSPS) is 29.1. The molecule has 0 atom stereocenters. The topological polar surface area (TPSA) is 41.1 Å². The molecule has 1 saturated heterocycles. The van der Waals surface area contributed by atoms with Crippen LogP contribution in [0.2, 0.25) is 0 Å². The van der Waals surface area contributed by atoms with Crippen LogP contribution in [0.1, 0.15) is 65.7 Å². The van der Waals surface area contributed by atoms with Gasteiger partial charge in [0.25, 0.3) is 0 Å². The summed E-state index contributed by atoms with van der Waals surface area (Å²) >= 11 is 0. The number of hydrogen-bond acceptors (Lipinski definition) is 2. The Morgan fingerprint density at radius 2 is 1.70 bits per heavy atom. The third kappa shape index (κ3) is 3.97. The smallest absolute Gasteiger partial charge is 0.223 e. The zero-order valence-corrected chi connectivity index (χ0v) is 13.5. The van der Waals surface area contributed by atoms with E-state index in [-0.39, 0.29) is 5.92 Å². The lowest BCUT2D eigenvalue weighted by molar-refractivity contribution is -0.126. The number of hydrogen-bond donors (Lipinski definition) is 2. The first-order valence-corrected chi connectivity index (χ1v) is 8.54. The van der Waals surface area contributed by atoms with Gasteiger partial charge in [-0.2, -0.15) is 0 Å². The lowest BCUT2D eigenvalue weighted by Gasteiger charge is -2.39. The van der Waals surface area contributed by atoms with Crippen LogP contribution in [-0.2, 0) is 4.79 Å². The van der Waals surface area contributed by atoms with E-state index in [1.165, 1.54) is 32.1 Å². The Morgan fingerprint density at radius 1 is 1.10 bits per heavy atom. The van der Waals surface area contributed by atoms with Gasteiger partial charge < -0.3 is 10.6 Å². The van der Waals surface area contributed by atoms with Crippen LogP contribution in [-0.4, -0.2) is 25.0 Å². The lowest BCUT2D eigenvalue weighted by Crippen LogP contribution is -2.44. The molecule has 1 heterocycles. The minimum Gasteiger partial charge on any atom is -0.353 e. The average molecular weight is 280 g/mol. The molecule has 1 aliphatic heterocycles. The molecule has 1 saturated carbocycles. The number of rotatable bonds is 4. The van der Waals surface area contributed by atoms with E-state index >= 15 is 0 Å². The van der Waals surface area contributed by atoms with Crippen LogP contribution in [0.5, 0.6) is 0 Å².